The molecule has 20 heavy (non-hydrogen) atoms. The van der Waals surface area contributed by atoms with Crippen LogP contribution in [0.4, 0.5) is 0 Å². The Morgan fingerprint density at radius 3 is 2.40 bits per heavy atom. The summed E-state index contributed by atoms with van der Waals surface area (Å²) in [7, 11) is 0. The number of rotatable bonds is 3. The number of benzene rings is 1. The third kappa shape index (κ3) is 3.55. The molecular formula is C15H17N3S2. The molecule has 0 unspecified atom stereocenters. The van der Waals surface area contributed by atoms with Gasteiger partial charge in [0.05, 0.1) is 11.9 Å². The van der Waals surface area contributed by atoms with Crippen molar-refractivity contribution in [3.05, 3.63) is 47.9 Å². The average molecular weight is 303 g/mol. The van der Waals surface area contributed by atoms with Crippen molar-refractivity contribution in [1.29, 1.82) is 0 Å². The van der Waals surface area contributed by atoms with Crippen LogP contribution in [-0.4, -0.2) is 15.0 Å². The lowest BCUT2D eigenvalue weighted by Gasteiger charge is -2.20. The van der Waals surface area contributed by atoms with Crippen molar-refractivity contribution in [3.63, 3.8) is 0 Å². The normalized spacial score (nSPS) is 11.3. The van der Waals surface area contributed by atoms with Gasteiger partial charge in [0, 0.05) is 10.3 Å². The smallest absolute Gasteiger partial charge is 0.124 e. The van der Waals surface area contributed by atoms with Crippen molar-refractivity contribution < 1.29 is 0 Å². The van der Waals surface area contributed by atoms with Crippen LogP contribution >= 0.6 is 24.0 Å². The van der Waals surface area contributed by atoms with E-state index in [2.05, 4.69) is 30.7 Å². The summed E-state index contributed by atoms with van der Waals surface area (Å²) in [4.78, 5) is 10.5. The highest BCUT2D eigenvalue weighted by atomic mass is 32.2. The predicted molar refractivity (Wildman–Crippen MR) is 87.2 cm³/mol. The first-order chi connectivity index (χ1) is 9.38. The van der Waals surface area contributed by atoms with E-state index < -0.39 is 0 Å². The minimum Gasteiger partial charge on any atom is -0.388 e. The largest absolute Gasteiger partial charge is 0.388 e. The SMILES string of the molecule is CC(C)(C)c1ncc(C(N)=S)nc1Sc1ccccc1. The van der Waals surface area contributed by atoms with Crippen molar-refractivity contribution >= 4 is 29.0 Å². The number of nitrogens with zero attached hydrogens (tertiary/aromatic N) is 2. The molecule has 0 aliphatic carbocycles. The quantitative estimate of drug-likeness (QED) is 0.879. The van der Waals surface area contributed by atoms with E-state index in [0.717, 1.165) is 15.6 Å². The topological polar surface area (TPSA) is 51.8 Å². The van der Waals surface area contributed by atoms with Gasteiger partial charge in [0.1, 0.15) is 15.7 Å². The summed E-state index contributed by atoms with van der Waals surface area (Å²) in [5, 5.41) is 0.856. The molecule has 0 saturated heterocycles. The number of thiocarbonyl (C=S) groups is 1. The summed E-state index contributed by atoms with van der Waals surface area (Å²) in [6.07, 6.45) is 1.65. The molecule has 0 spiro atoms. The van der Waals surface area contributed by atoms with Gasteiger partial charge in [-0.2, -0.15) is 0 Å². The molecule has 1 aromatic heterocycles. The van der Waals surface area contributed by atoms with E-state index in [1.54, 1.807) is 18.0 Å². The maximum absolute atomic E-state index is 5.65. The van der Waals surface area contributed by atoms with Gasteiger partial charge < -0.3 is 5.73 Å². The van der Waals surface area contributed by atoms with Gasteiger partial charge in [-0.1, -0.05) is 63.0 Å². The molecule has 1 heterocycles. The maximum atomic E-state index is 5.65. The van der Waals surface area contributed by atoms with Crippen LogP contribution in [-0.2, 0) is 5.41 Å². The summed E-state index contributed by atoms with van der Waals surface area (Å²) >= 11 is 6.57. The fourth-order valence-corrected chi connectivity index (χ4v) is 2.89. The average Bonchev–Trinajstić information content (AvgIpc) is 2.38. The summed E-state index contributed by atoms with van der Waals surface area (Å²) in [5.41, 5.74) is 7.08. The van der Waals surface area contributed by atoms with Gasteiger partial charge >= 0.3 is 0 Å². The Morgan fingerprint density at radius 2 is 1.85 bits per heavy atom. The molecule has 0 fully saturated rings. The van der Waals surface area contributed by atoms with Gasteiger partial charge in [-0.25, -0.2) is 4.98 Å². The third-order valence-corrected chi connectivity index (χ3v) is 3.86. The Balaban J connectivity index is 2.47. The van der Waals surface area contributed by atoms with Gasteiger partial charge in [0.15, 0.2) is 0 Å². The monoisotopic (exact) mass is 303 g/mol. The van der Waals surface area contributed by atoms with E-state index in [9.17, 15) is 0 Å². The predicted octanol–water partition coefficient (Wildman–Crippen LogP) is 3.56. The van der Waals surface area contributed by atoms with Gasteiger partial charge in [0.25, 0.3) is 0 Å². The Bertz CT molecular complexity index is 619. The molecule has 0 aliphatic heterocycles. The van der Waals surface area contributed by atoms with Gasteiger partial charge in [-0.05, 0) is 12.1 Å². The van der Waals surface area contributed by atoms with E-state index in [1.807, 2.05) is 30.3 Å². The highest BCUT2D eigenvalue weighted by molar-refractivity contribution is 7.99. The lowest BCUT2D eigenvalue weighted by Crippen LogP contribution is -2.19. The van der Waals surface area contributed by atoms with Crippen molar-refractivity contribution in [2.24, 2.45) is 5.73 Å². The van der Waals surface area contributed by atoms with Crippen molar-refractivity contribution in [2.45, 2.75) is 36.1 Å². The fourth-order valence-electron chi connectivity index (χ4n) is 1.68. The molecule has 2 aromatic rings. The first-order valence-electron chi connectivity index (χ1n) is 6.28. The van der Waals surface area contributed by atoms with Crippen LogP contribution in [0, 0.1) is 0 Å². The molecule has 2 N–H and O–H groups in total. The zero-order valence-corrected chi connectivity index (χ0v) is 13.4. The van der Waals surface area contributed by atoms with Crippen molar-refractivity contribution in [2.75, 3.05) is 0 Å². The fraction of sp³-hybridized carbons (Fsp3) is 0.267. The molecule has 3 nitrogen and oxygen atoms in total. The molecular weight excluding hydrogens is 286 g/mol. The second-order valence-corrected chi connectivity index (χ2v) is 6.94. The first kappa shape index (κ1) is 14.9. The molecule has 0 bridgehead atoms. The Kier molecular flexibility index (Phi) is 4.40. The summed E-state index contributed by atoms with van der Waals surface area (Å²) in [5.74, 6) is 0. The second-order valence-electron chi connectivity index (χ2n) is 5.44. The molecule has 2 rings (SSSR count). The Hall–Kier alpha value is -1.46. The molecule has 5 heteroatoms. The van der Waals surface area contributed by atoms with Gasteiger partial charge in [0.2, 0.25) is 0 Å². The zero-order valence-electron chi connectivity index (χ0n) is 11.8. The maximum Gasteiger partial charge on any atom is 0.124 e. The van der Waals surface area contributed by atoms with Crippen molar-refractivity contribution in [1.82, 2.24) is 9.97 Å². The first-order valence-corrected chi connectivity index (χ1v) is 7.50. The van der Waals surface area contributed by atoms with Crippen LogP contribution < -0.4 is 5.73 Å². The Morgan fingerprint density at radius 1 is 1.20 bits per heavy atom. The number of aromatic nitrogens is 2. The summed E-state index contributed by atoms with van der Waals surface area (Å²) in [6, 6.07) is 10.1. The standard InChI is InChI=1S/C15H17N3S2/c1-15(2,3)12-14(18-11(9-17-12)13(16)19)20-10-7-5-4-6-8-10/h4-9H,1-3H3,(H2,16,19). The molecule has 0 aliphatic rings. The molecule has 0 radical (unpaired) electrons. The highest BCUT2D eigenvalue weighted by Crippen LogP contribution is 2.33. The minimum atomic E-state index is -0.0845. The van der Waals surface area contributed by atoms with E-state index in [0.29, 0.717) is 5.69 Å². The van der Waals surface area contributed by atoms with Crippen LogP contribution in [0.5, 0.6) is 0 Å². The molecule has 0 saturated carbocycles. The number of hydrogen-bond acceptors (Lipinski definition) is 4. The van der Waals surface area contributed by atoms with Crippen LogP contribution in [0.1, 0.15) is 32.2 Å². The summed E-state index contributed by atoms with van der Waals surface area (Å²) in [6.45, 7) is 6.35. The molecule has 0 atom stereocenters. The zero-order chi connectivity index (χ0) is 14.8. The van der Waals surface area contributed by atoms with E-state index in [-0.39, 0.29) is 10.4 Å². The minimum absolute atomic E-state index is 0.0845. The van der Waals surface area contributed by atoms with Crippen LogP contribution in [0.15, 0.2) is 46.5 Å². The Labute approximate surface area is 129 Å². The molecule has 0 amide bonds. The van der Waals surface area contributed by atoms with Crippen LogP contribution in [0.2, 0.25) is 0 Å². The third-order valence-electron chi connectivity index (χ3n) is 2.66. The number of nitrogens with two attached hydrogens (primary N) is 1. The van der Waals surface area contributed by atoms with Crippen LogP contribution in [0.3, 0.4) is 0 Å². The van der Waals surface area contributed by atoms with Crippen LogP contribution in [0.25, 0.3) is 0 Å². The van der Waals surface area contributed by atoms with E-state index >= 15 is 0 Å². The lowest BCUT2D eigenvalue weighted by molar-refractivity contribution is 0.547. The van der Waals surface area contributed by atoms with Crippen molar-refractivity contribution in [3.8, 4) is 0 Å². The lowest BCUT2D eigenvalue weighted by atomic mass is 9.92. The molecule has 104 valence electrons. The van der Waals surface area contributed by atoms with Gasteiger partial charge in [-0.3, -0.25) is 4.98 Å². The van der Waals surface area contributed by atoms with E-state index in [1.165, 1.54) is 0 Å². The molecule has 1 aromatic carbocycles. The number of hydrogen-bond donors (Lipinski definition) is 1. The summed E-state index contributed by atoms with van der Waals surface area (Å²) < 4.78 is 0. The second kappa shape index (κ2) is 5.89. The highest BCUT2D eigenvalue weighted by Gasteiger charge is 2.22. The van der Waals surface area contributed by atoms with Gasteiger partial charge in [-0.15, -0.1) is 0 Å². The van der Waals surface area contributed by atoms with E-state index in [4.69, 9.17) is 18.0 Å².